The Morgan fingerprint density at radius 1 is 1.06 bits per heavy atom. The van der Waals surface area contributed by atoms with Gasteiger partial charge in [-0.3, -0.25) is 0 Å². The highest BCUT2D eigenvalue weighted by Gasteiger charge is 2.16. The summed E-state index contributed by atoms with van der Waals surface area (Å²) in [5.41, 5.74) is 2.80. The Balaban J connectivity index is 2.68. The van der Waals surface area contributed by atoms with Crippen LogP contribution in [0.5, 0.6) is 0 Å². The summed E-state index contributed by atoms with van der Waals surface area (Å²) in [6.07, 6.45) is 3.72. The molecule has 0 heterocycles. The Labute approximate surface area is 107 Å². The number of rotatable bonds is 7. The van der Waals surface area contributed by atoms with Crippen molar-refractivity contribution < 1.29 is 0 Å². The number of nitrogens with one attached hydrogen (secondary N) is 1. The normalized spacial score (nSPS) is 14.6. The molecule has 1 nitrogen and oxygen atoms in total. The van der Waals surface area contributed by atoms with E-state index in [1.54, 1.807) is 0 Å². The molecular formula is C16H27N. The van der Waals surface area contributed by atoms with Gasteiger partial charge in [0.2, 0.25) is 0 Å². The Kier molecular flexibility index (Phi) is 6.28. The second kappa shape index (κ2) is 7.50. The van der Waals surface area contributed by atoms with Crippen LogP contribution >= 0.6 is 0 Å². The van der Waals surface area contributed by atoms with Crippen LogP contribution in [-0.4, -0.2) is 12.6 Å². The van der Waals surface area contributed by atoms with E-state index in [9.17, 15) is 0 Å². The average Bonchev–Trinajstić information content (AvgIpc) is 2.34. The molecule has 17 heavy (non-hydrogen) atoms. The van der Waals surface area contributed by atoms with Gasteiger partial charge in [-0.2, -0.15) is 0 Å². The maximum atomic E-state index is 3.68. The third kappa shape index (κ3) is 4.51. The average molecular weight is 233 g/mol. The quantitative estimate of drug-likeness (QED) is 0.741. The van der Waals surface area contributed by atoms with Crippen molar-refractivity contribution in [3.63, 3.8) is 0 Å². The number of hydrogen-bond donors (Lipinski definition) is 1. The molecular weight excluding hydrogens is 206 g/mol. The van der Waals surface area contributed by atoms with Gasteiger partial charge in [0.1, 0.15) is 0 Å². The summed E-state index contributed by atoms with van der Waals surface area (Å²) in [4.78, 5) is 0. The Bertz CT molecular complexity index is 302. The van der Waals surface area contributed by atoms with Gasteiger partial charge < -0.3 is 5.32 Å². The van der Waals surface area contributed by atoms with E-state index in [1.165, 1.54) is 30.4 Å². The van der Waals surface area contributed by atoms with Gasteiger partial charge >= 0.3 is 0 Å². The molecule has 0 spiro atoms. The number of aryl methyl sites for hydroxylation is 1. The predicted molar refractivity (Wildman–Crippen MR) is 76.6 cm³/mol. The zero-order chi connectivity index (χ0) is 12.7. The molecule has 0 aliphatic heterocycles. The molecule has 0 amide bonds. The maximum absolute atomic E-state index is 3.68. The van der Waals surface area contributed by atoms with Crippen LogP contribution in [0.25, 0.3) is 0 Å². The fourth-order valence-corrected chi connectivity index (χ4v) is 2.27. The van der Waals surface area contributed by atoms with Crippen molar-refractivity contribution in [1.82, 2.24) is 5.32 Å². The summed E-state index contributed by atoms with van der Waals surface area (Å²) in [7, 11) is 0. The molecule has 0 aromatic heterocycles. The van der Waals surface area contributed by atoms with E-state index in [0.29, 0.717) is 12.0 Å². The molecule has 0 bridgehead atoms. The Morgan fingerprint density at radius 2 is 1.71 bits per heavy atom. The first-order valence-electron chi connectivity index (χ1n) is 6.99. The topological polar surface area (TPSA) is 12.0 Å². The highest BCUT2D eigenvalue weighted by Crippen LogP contribution is 2.22. The first-order valence-corrected chi connectivity index (χ1v) is 6.99. The molecule has 96 valence electrons. The van der Waals surface area contributed by atoms with Crippen molar-refractivity contribution >= 4 is 0 Å². The fraction of sp³-hybridized carbons (Fsp3) is 0.625. The summed E-state index contributed by atoms with van der Waals surface area (Å²) in [5.74, 6) is 0.599. The molecule has 0 fully saturated rings. The third-order valence-electron chi connectivity index (χ3n) is 3.46. The van der Waals surface area contributed by atoms with Crippen molar-refractivity contribution in [1.29, 1.82) is 0 Å². The van der Waals surface area contributed by atoms with Crippen molar-refractivity contribution in [3.8, 4) is 0 Å². The lowest BCUT2D eigenvalue weighted by Crippen LogP contribution is -2.34. The molecule has 1 rings (SSSR count). The minimum atomic E-state index is 0.599. The van der Waals surface area contributed by atoms with E-state index in [4.69, 9.17) is 0 Å². The summed E-state index contributed by atoms with van der Waals surface area (Å²) in [5, 5.41) is 3.68. The van der Waals surface area contributed by atoms with Gasteiger partial charge in [0.25, 0.3) is 0 Å². The van der Waals surface area contributed by atoms with Gasteiger partial charge in [0.15, 0.2) is 0 Å². The smallest absolute Gasteiger partial charge is 0.0133 e. The minimum absolute atomic E-state index is 0.599. The molecule has 1 N–H and O–H groups in total. The molecule has 2 unspecified atom stereocenters. The standard InChI is InChI=1S/C16H27N/c1-5-7-16(17-12-6-2)14(4)15-10-8-13(3)9-11-15/h8-11,14,16-17H,5-7,12H2,1-4H3. The van der Waals surface area contributed by atoms with E-state index in [2.05, 4.69) is 57.3 Å². The molecule has 0 radical (unpaired) electrons. The van der Waals surface area contributed by atoms with Gasteiger partial charge in [0.05, 0.1) is 0 Å². The fourth-order valence-electron chi connectivity index (χ4n) is 2.27. The summed E-state index contributed by atoms with van der Waals surface area (Å²) >= 11 is 0. The third-order valence-corrected chi connectivity index (χ3v) is 3.46. The van der Waals surface area contributed by atoms with E-state index in [-0.39, 0.29) is 0 Å². The molecule has 1 heteroatoms. The monoisotopic (exact) mass is 233 g/mol. The van der Waals surface area contributed by atoms with E-state index < -0.39 is 0 Å². The lowest BCUT2D eigenvalue weighted by Gasteiger charge is -2.25. The molecule has 2 atom stereocenters. The lowest BCUT2D eigenvalue weighted by atomic mass is 9.90. The largest absolute Gasteiger partial charge is 0.313 e. The summed E-state index contributed by atoms with van der Waals surface area (Å²) < 4.78 is 0. The minimum Gasteiger partial charge on any atom is -0.313 e. The number of hydrogen-bond acceptors (Lipinski definition) is 1. The van der Waals surface area contributed by atoms with Gasteiger partial charge in [-0.1, -0.05) is 57.0 Å². The van der Waals surface area contributed by atoms with E-state index in [0.717, 1.165) is 6.54 Å². The van der Waals surface area contributed by atoms with Crippen molar-refractivity contribution in [3.05, 3.63) is 35.4 Å². The van der Waals surface area contributed by atoms with Crippen LogP contribution in [0.2, 0.25) is 0 Å². The van der Waals surface area contributed by atoms with Crippen molar-refractivity contribution in [2.75, 3.05) is 6.54 Å². The van der Waals surface area contributed by atoms with E-state index >= 15 is 0 Å². The highest BCUT2D eigenvalue weighted by atomic mass is 14.9. The number of benzene rings is 1. The van der Waals surface area contributed by atoms with Gasteiger partial charge in [-0.25, -0.2) is 0 Å². The highest BCUT2D eigenvalue weighted by molar-refractivity contribution is 5.25. The second-order valence-electron chi connectivity index (χ2n) is 5.05. The zero-order valence-electron chi connectivity index (χ0n) is 11.8. The van der Waals surface area contributed by atoms with Crippen LogP contribution in [0.1, 0.15) is 57.1 Å². The van der Waals surface area contributed by atoms with Crippen LogP contribution in [0.3, 0.4) is 0 Å². The summed E-state index contributed by atoms with van der Waals surface area (Å²) in [6.45, 7) is 10.1. The van der Waals surface area contributed by atoms with Crippen LogP contribution in [0.15, 0.2) is 24.3 Å². The van der Waals surface area contributed by atoms with Crippen molar-refractivity contribution in [2.24, 2.45) is 0 Å². The van der Waals surface area contributed by atoms with Gasteiger partial charge in [-0.05, 0) is 37.8 Å². The SMILES string of the molecule is CCCNC(CCC)C(C)c1ccc(C)cc1. The molecule has 1 aromatic carbocycles. The maximum Gasteiger partial charge on any atom is 0.0133 e. The molecule has 1 aromatic rings. The van der Waals surface area contributed by atoms with E-state index in [1.807, 2.05) is 0 Å². The lowest BCUT2D eigenvalue weighted by molar-refractivity contribution is 0.420. The molecule has 0 aliphatic rings. The van der Waals surface area contributed by atoms with Crippen molar-refractivity contribution in [2.45, 2.75) is 58.9 Å². The molecule has 0 saturated carbocycles. The van der Waals surface area contributed by atoms with Crippen LogP contribution in [0, 0.1) is 6.92 Å². The molecule has 0 saturated heterocycles. The second-order valence-corrected chi connectivity index (χ2v) is 5.05. The van der Waals surface area contributed by atoms with Crippen LogP contribution < -0.4 is 5.32 Å². The first kappa shape index (κ1) is 14.2. The molecule has 0 aliphatic carbocycles. The van der Waals surface area contributed by atoms with Crippen LogP contribution in [-0.2, 0) is 0 Å². The first-order chi connectivity index (χ1) is 8.19. The van der Waals surface area contributed by atoms with Gasteiger partial charge in [0, 0.05) is 6.04 Å². The Hall–Kier alpha value is -0.820. The Morgan fingerprint density at radius 3 is 2.24 bits per heavy atom. The van der Waals surface area contributed by atoms with Crippen LogP contribution in [0.4, 0.5) is 0 Å². The zero-order valence-corrected chi connectivity index (χ0v) is 11.8. The van der Waals surface area contributed by atoms with Gasteiger partial charge in [-0.15, -0.1) is 0 Å². The predicted octanol–water partition coefficient (Wildman–Crippen LogP) is 4.27. The summed E-state index contributed by atoms with van der Waals surface area (Å²) in [6, 6.07) is 9.60.